The third-order valence-electron chi connectivity index (χ3n) is 3.25. The number of thiazole rings is 1. The molecular formula is C16H11ClN4O3S. The number of hydrazone groups is 1. The molecule has 0 radical (unpaired) electrons. The van der Waals surface area contributed by atoms with Crippen molar-refractivity contribution in [3.63, 3.8) is 0 Å². The lowest BCUT2D eigenvalue weighted by molar-refractivity contribution is -0.384. The number of halogens is 1. The summed E-state index contributed by atoms with van der Waals surface area (Å²) in [5.74, 6) is -0.286. The number of hydrogen-bond donors (Lipinski definition) is 2. The number of anilines is 1. The molecule has 1 heterocycles. The number of hydrogen-bond acceptors (Lipinski definition) is 7. The maximum Gasteiger partial charge on any atom is 0.300 e. The summed E-state index contributed by atoms with van der Waals surface area (Å²) >= 11 is 7.16. The number of nitrogens with one attached hydrogen (secondary N) is 1. The zero-order valence-corrected chi connectivity index (χ0v) is 14.2. The van der Waals surface area contributed by atoms with Crippen LogP contribution in [-0.4, -0.2) is 21.2 Å². The monoisotopic (exact) mass is 374 g/mol. The van der Waals surface area contributed by atoms with Gasteiger partial charge in [-0.3, -0.25) is 15.5 Å². The van der Waals surface area contributed by atoms with Crippen LogP contribution in [-0.2, 0) is 0 Å². The van der Waals surface area contributed by atoms with Crippen molar-refractivity contribution < 1.29 is 10.0 Å². The number of nitrogens with zero attached hydrogens (tertiary/aromatic N) is 3. The van der Waals surface area contributed by atoms with Gasteiger partial charge in [0.15, 0.2) is 0 Å². The molecule has 0 amide bonds. The zero-order valence-electron chi connectivity index (χ0n) is 12.6. The normalized spacial score (nSPS) is 10.9. The molecule has 0 bridgehead atoms. The minimum Gasteiger partial charge on any atom is -0.507 e. The number of aromatic hydroxyl groups is 1. The number of nitro benzene ring substituents is 1. The molecule has 2 aromatic carbocycles. The first-order valence-electron chi connectivity index (χ1n) is 7.02. The Morgan fingerprint density at radius 3 is 2.76 bits per heavy atom. The second kappa shape index (κ2) is 7.29. The summed E-state index contributed by atoms with van der Waals surface area (Å²) in [5.41, 5.74) is 3.97. The first-order valence-corrected chi connectivity index (χ1v) is 8.28. The Bertz CT molecular complexity index is 944. The molecule has 0 spiro atoms. The first-order chi connectivity index (χ1) is 12.1. The molecule has 0 saturated heterocycles. The van der Waals surface area contributed by atoms with Gasteiger partial charge in [0.25, 0.3) is 5.69 Å². The lowest BCUT2D eigenvalue weighted by Crippen LogP contribution is -1.98. The molecule has 3 aromatic rings. The van der Waals surface area contributed by atoms with Gasteiger partial charge in [0, 0.05) is 10.9 Å². The molecule has 3 rings (SSSR count). The summed E-state index contributed by atoms with van der Waals surface area (Å²) < 4.78 is 0. The molecule has 7 nitrogen and oxygen atoms in total. The van der Waals surface area contributed by atoms with Crippen molar-refractivity contribution in [1.82, 2.24) is 4.98 Å². The molecule has 1 aromatic heterocycles. The van der Waals surface area contributed by atoms with E-state index < -0.39 is 10.6 Å². The summed E-state index contributed by atoms with van der Waals surface area (Å²) in [4.78, 5) is 14.8. The van der Waals surface area contributed by atoms with Crippen LogP contribution < -0.4 is 5.43 Å². The van der Waals surface area contributed by atoms with Crippen LogP contribution in [0.3, 0.4) is 0 Å². The van der Waals surface area contributed by atoms with Gasteiger partial charge in [0.1, 0.15) is 16.3 Å². The van der Waals surface area contributed by atoms with E-state index in [9.17, 15) is 15.2 Å². The van der Waals surface area contributed by atoms with Crippen molar-refractivity contribution in [3.8, 4) is 17.0 Å². The Balaban J connectivity index is 1.80. The van der Waals surface area contributed by atoms with Crippen LogP contribution in [0.25, 0.3) is 11.3 Å². The Labute approximate surface area is 151 Å². The summed E-state index contributed by atoms with van der Waals surface area (Å²) in [5, 5.41) is 27.1. The van der Waals surface area contributed by atoms with Crippen LogP contribution in [0.1, 0.15) is 5.56 Å². The van der Waals surface area contributed by atoms with Crippen LogP contribution >= 0.6 is 22.9 Å². The highest BCUT2D eigenvalue weighted by Gasteiger charge is 2.21. The van der Waals surface area contributed by atoms with Gasteiger partial charge in [0.05, 0.1) is 16.8 Å². The van der Waals surface area contributed by atoms with E-state index in [2.05, 4.69) is 15.5 Å². The van der Waals surface area contributed by atoms with Gasteiger partial charge in [-0.1, -0.05) is 41.9 Å². The molecule has 25 heavy (non-hydrogen) atoms. The van der Waals surface area contributed by atoms with Crippen molar-refractivity contribution in [2.24, 2.45) is 5.10 Å². The minimum absolute atomic E-state index is 0.0788. The molecule has 0 saturated carbocycles. The van der Waals surface area contributed by atoms with E-state index >= 15 is 0 Å². The van der Waals surface area contributed by atoms with Crippen molar-refractivity contribution in [1.29, 1.82) is 0 Å². The molecule has 0 aliphatic rings. The van der Waals surface area contributed by atoms with Gasteiger partial charge >= 0.3 is 0 Å². The van der Waals surface area contributed by atoms with Gasteiger partial charge in [-0.2, -0.15) is 5.10 Å². The first kappa shape index (κ1) is 16.9. The average molecular weight is 375 g/mol. The van der Waals surface area contributed by atoms with Crippen molar-refractivity contribution >= 4 is 40.0 Å². The summed E-state index contributed by atoms with van der Waals surface area (Å²) in [7, 11) is 0. The molecule has 9 heteroatoms. The molecule has 0 unspecified atom stereocenters. The van der Waals surface area contributed by atoms with E-state index in [-0.39, 0.29) is 16.3 Å². The minimum atomic E-state index is -0.666. The molecule has 2 N–H and O–H groups in total. The van der Waals surface area contributed by atoms with Crippen LogP contribution in [0, 0.1) is 10.1 Å². The number of phenols is 1. The highest BCUT2D eigenvalue weighted by molar-refractivity contribution is 7.14. The molecule has 0 aliphatic heterocycles. The second-order valence-electron chi connectivity index (χ2n) is 4.86. The maximum absolute atomic E-state index is 11.1. The van der Waals surface area contributed by atoms with Crippen LogP contribution in [0.2, 0.25) is 5.02 Å². The second-order valence-corrected chi connectivity index (χ2v) is 6.13. The molecule has 126 valence electrons. The van der Waals surface area contributed by atoms with Crippen LogP contribution in [0.4, 0.5) is 10.8 Å². The van der Waals surface area contributed by atoms with Gasteiger partial charge in [0.2, 0.25) is 5.13 Å². The summed E-state index contributed by atoms with van der Waals surface area (Å²) in [6, 6.07) is 12.2. The molecule has 0 aliphatic carbocycles. The van der Waals surface area contributed by atoms with E-state index in [1.54, 1.807) is 0 Å². The Kier molecular flexibility index (Phi) is 4.92. The lowest BCUT2D eigenvalue weighted by atomic mass is 10.2. The Morgan fingerprint density at radius 1 is 1.28 bits per heavy atom. The van der Waals surface area contributed by atoms with Crippen LogP contribution in [0.5, 0.6) is 5.75 Å². The fourth-order valence-corrected chi connectivity index (χ4v) is 3.00. The zero-order chi connectivity index (χ0) is 17.8. The number of phenolic OH excluding ortho intramolecular Hbond substituents is 1. The van der Waals surface area contributed by atoms with Gasteiger partial charge < -0.3 is 5.11 Å². The smallest absolute Gasteiger partial charge is 0.300 e. The topological polar surface area (TPSA) is 101 Å². The van der Waals surface area contributed by atoms with Crippen molar-refractivity contribution in [2.75, 3.05) is 5.43 Å². The fourth-order valence-electron chi connectivity index (χ4n) is 2.10. The fraction of sp³-hybridized carbons (Fsp3) is 0. The van der Waals surface area contributed by atoms with Gasteiger partial charge in [-0.05, 0) is 12.1 Å². The maximum atomic E-state index is 11.1. The Hall–Kier alpha value is -2.97. The predicted octanol–water partition coefficient (Wildman–Crippen LogP) is 4.52. The van der Waals surface area contributed by atoms with E-state index in [1.807, 2.05) is 35.7 Å². The number of nitro groups is 1. The summed E-state index contributed by atoms with van der Waals surface area (Å²) in [6.07, 6.45) is 1.14. The van der Waals surface area contributed by atoms with E-state index in [0.29, 0.717) is 5.13 Å². The standard InChI is InChI=1S/C16H11ClN4O3S/c17-12-6-7-14(22)11(15(12)21(23)24)8-18-20-16-19-13(9-25-16)10-4-2-1-3-5-10/h1-9,22H,(H,19,20). The third-order valence-corrected chi connectivity index (χ3v) is 4.31. The number of benzene rings is 2. The molecule has 0 fully saturated rings. The SMILES string of the molecule is O=[N+]([O-])c1c(Cl)ccc(O)c1C=NNc1nc(-c2ccccc2)cs1. The highest BCUT2D eigenvalue weighted by atomic mass is 35.5. The number of aromatic nitrogens is 1. The summed E-state index contributed by atoms with van der Waals surface area (Å²) in [6.45, 7) is 0. The quantitative estimate of drug-likeness (QED) is 0.388. The van der Waals surface area contributed by atoms with E-state index in [1.165, 1.54) is 23.5 Å². The largest absolute Gasteiger partial charge is 0.507 e. The Morgan fingerprint density at radius 2 is 2.04 bits per heavy atom. The highest BCUT2D eigenvalue weighted by Crippen LogP contribution is 2.33. The molecular weight excluding hydrogens is 364 g/mol. The van der Waals surface area contributed by atoms with E-state index in [4.69, 9.17) is 11.6 Å². The lowest BCUT2D eigenvalue weighted by Gasteiger charge is -2.02. The third kappa shape index (κ3) is 3.76. The van der Waals surface area contributed by atoms with Crippen molar-refractivity contribution in [3.05, 3.63) is 68.5 Å². The van der Waals surface area contributed by atoms with Gasteiger partial charge in [-0.25, -0.2) is 4.98 Å². The van der Waals surface area contributed by atoms with Gasteiger partial charge in [-0.15, -0.1) is 11.3 Å². The van der Waals surface area contributed by atoms with Crippen molar-refractivity contribution in [2.45, 2.75) is 0 Å². The predicted molar refractivity (Wildman–Crippen MR) is 98.5 cm³/mol. The van der Waals surface area contributed by atoms with Crippen LogP contribution in [0.15, 0.2) is 52.9 Å². The number of rotatable bonds is 5. The average Bonchev–Trinajstić information content (AvgIpc) is 3.07. The van der Waals surface area contributed by atoms with E-state index in [0.717, 1.165) is 17.5 Å². The molecule has 0 atom stereocenters.